The van der Waals surface area contributed by atoms with E-state index in [2.05, 4.69) is 10.3 Å². The number of benzene rings is 2. The fraction of sp³-hybridized carbons (Fsp3) is 0.111. The fourth-order valence-corrected chi connectivity index (χ4v) is 2.49. The van der Waals surface area contributed by atoms with Gasteiger partial charge in [-0.1, -0.05) is 23.8 Å². The number of anilines is 1. The molecule has 2 aromatic carbocycles. The van der Waals surface area contributed by atoms with Crippen LogP contribution >= 0.6 is 0 Å². The molecule has 128 valence electrons. The van der Waals surface area contributed by atoms with Crippen molar-refractivity contribution in [2.75, 3.05) is 5.32 Å². The Hall–Kier alpha value is -3.09. The monoisotopic (exact) mass is 346 g/mol. The van der Waals surface area contributed by atoms with Crippen molar-refractivity contribution in [1.29, 1.82) is 0 Å². The number of para-hydroxylation sites is 1. The number of nitrogens with one attached hydrogen (secondary N) is 2. The number of fused-ring (bicyclic) bond motifs is 1. The molecule has 25 heavy (non-hydrogen) atoms. The zero-order valence-corrected chi connectivity index (χ0v) is 13.1. The van der Waals surface area contributed by atoms with E-state index in [1.807, 2.05) is 6.92 Å². The Morgan fingerprint density at radius 1 is 1.08 bits per heavy atom. The number of aromatic nitrogens is 1. The molecule has 1 amide bonds. The summed E-state index contributed by atoms with van der Waals surface area (Å²) in [6.07, 6.45) is -3.60. The van der Waals surface area contributed by atoms with Gasteiger partial charge in [0, 0.05) is 17.3 Å². The maximum atomic E-state index is 13.0. The number of rotatable bonds is 2. The number of carbonyl (C=O) groups is 1. The van der Waals surface area contributed by atoms with Crippen LogP contribution in [-0.2, 0) is 6.18 Å². The summed E-state index contributed by atoms with van der Waals surface area (Å²) in [5.74, 6) is -0.690. The van der Waals surface area contributed by atoms with Crippen LogP contribution in [0.25, 0.3) is 10.9 Å². The molecule has 0 aliphatic carbocycles. The van der Waals surface area contributed by atoms with E-state index >= 15 is 0 Å². The second-order valence-electron chi connectivity index (χ2n) is 5.58. The number of amides is 1. The molecule has 0 unspecified atom stereocenters. The molecule has 1 aromatic heterocycles. The first kappa shape index (κ1) is 16.8. The average Bonchev–Trinajstić information content (AvgIpc) is 2.56. The highest BCUT2D eigenvalue weighted by molar-refractivity contribution is 6.05. The van der Waals surface area contributed by atoms with Crippen LogP contribution in [0.2, 0.25) is 0 Å². The number of alkyl halides is 3. The third kappa shape index (κ3) is 3.26. The Balaban J connectivity index is 2.03. The summed E-state index contributed by atoms with van der Waals surface area (Å²) >= 11 is 0. The quantitative estimate of drug-likeness (QED) is 0.734. The minimum absolute atomic E-state index is 0.189. The molecule has 0 spiro atoms. The Bertz CT molecular complexity index is 1010. The fourth-order valence-electron chi connectivity index (χ4n) is 2.49. The predicted octanol–water partition coefficient (Wildman–Crippen LogP) is 4.11. The highest BCUT2D eigenvalue weighted by Crippen LogP contribution is 2.33. The summed E-state index contributed by atoms with van der Waals surface area (Å²) in [6, 6.07) is 10.2. The lowest BCUT2D eigenvalue weighted by atomic mass is 10.1. The Kier molecular flexibility index (Phi) is 4.08. The predicted molar refractivity (Wildman–Crippen MR) is 88.7 cm³/mol. The van der Waals surface area contributed by atoms with E-state index in [0.717, 1.165) is 23.9 Å². The molecule has 3 aromatic rings. The van der Waals surface area contributed by atoms with Gasteiger partial charge in [0.25, 0.3) is 5.91 Å². The maximum Gasteiger partial charge on any atom is 0.418 e. The molecule has 4 nitrogen and oxygen atoms in total. The summed E-state index contributed by atoms with van der Waals surface area (Å²) in [6.45, 7) is 1.89. The zero-order valence-electron chi connectivity index (χ0n) is 13.1. The largest absolute Gasteiger partial charge is 0.418 e. The lowest BCUT2D eigenvalue weighted by Crippen LogP contribution is -2.22. The molecule has 2 N–H and O–H groups in total. The molecular formula is C18H13F3N2O2. The summed E-state index contributed by atoms with van der Waals surface area (Å²) in [4.78, 5) is 27.2. The van der Waals surface area contributed by atoms with Crippen molar-refractivity contribution in [2.45, 2.75) is 13.1 Å². The molecule has 7 heteroatoms. The molecular weight excluding hydrogens is 333 g/mol. The maximum absolute atomic E-state index is 13.0. The van der Waals surface area contributed by atoms with Gasteiger partial charge in [0.15, 0.2) is 0 Å². The van der Waals surface area contributed by atoms with E-state index < -0.39 is 23.1 Å². The van der Waals surface area contributed by atoms with Crippen LogP contribution in [-0.4, -0.2) is 10.9 Å². The Labute approximate surface area is 140 Å². The van der Waals surface area contributed by atoms with Crippen LogP contribution in [0.5, 0.6) is 0 Å². The average molecular weight is 346 g/mol. The van der Waals surface area contributed by atoms with Gasteiger partial charge in [-0.25, -0.2) is 0 Å². The van der Waals surface area contributed by atoms with Gasteiger partial charge in [-0.05, 0) is 31.2 Å². The Morgan fingerprint density at radius 3 is 2.40 bits per heavy atom. The SMILES string of the molecule is Cc1ccc(NC(=O)c2c[nH]c3c(C(F)(F)F)cccc3c2=O)cc1. The van der Waals surface area contributed by atoms with Crippen molar-refractivity contribution in [2.24, 2.45) is 0 Å². The van der Waals surface area contributed by atoms with Crippen LogP contribution in [0.4, 0.5) is 18.9 Å². The smallest absolute Gasteiger partial charge is 0.360 e. The van der Waals surface area contributed by atoms with E-state index in [9.17, 15) is 22.8 Å². The standard InChI is InChI=1S/C18H13F3N2O2/c1-10-5-7-11(8-6-10)23-17(25)13-9-22-15-12(16(13)24)3-2-4-14(15)18(19,20)21/h2-9H,1H3,(H,22,24)(H,23,25). The van der Waals surface area contributed by atoms with E-state index in [0.29, 0.717) is 5.69 Å². The second-order valence-corrected chi connectivity index (χ2v) is 5.58. The third-order valence-electron chi connectivity index (χ3n) is 3.77. The number of hydrogen-bond acceptors (Lipinski definition) is 2. The van der Waals surface area contributed by atoms with E-state index in [4.69, 9.17) is 0 Å². The molecule has 0 radical (unpaired) electrons. The van der Waals surface area contributed by atoms with Crippen LogP contribution in [0, 0.1) is 6.92 Å². The molecule has 0 aliphatic heterocycles. The number of pyridine rings is 1. The normalized spacial score (nSPS) is 11.5. The van der Waals surface area contributed by atoms with Crippen molar-refractivity contribution in [3.8, 4) is 0 Å². The molecule has 0 aliphatic rings. The summed E-state index contributed by atoms with van der Waals surface area (Å²) in [7, 11) is 0. The summed E-state index contributed by atoms with van der Waals surface area (Å²) < 4.78 is 39.1. The number of halogens is 3. The van der Waals surface area contributed by atoms with Crippen molar-refractivity contribution in [3.05, 3.63) is 75.6 Å². The molecule has 1 heterocycles. The van der Waals surface area contributed by atoms with Gasteiger partial charge in [-0.15, -0.1) is 0 Å². The van der Waals surface area contributed by atoms with E-state index in [-0.39, 0.29) is 16.5 Å². The van der Waals surface area contributed by atoms with Gasteiger partial charge in [-0.2, -0.15) is 13.2 Å². The minimum Gasteiger partial charge on any atom is -0.360 e. The number of hydrogen-bond donors (Lipinski definition) is 2. The van der Waals surface area contributed by atoms with Crippen molar-refractivity contribution in [1.82, 2.24) is 4.98 Å². The van der Waals surface area contributed by atoms with E-state index in [1.54, 1.807) is 24.3 Å². The van der Waals surface area contributed by atoms with Gasteiger partial charge in [0.05, 0.1) is 11.1 Å². The molecule has 0 fully saturated rings. The highest BCUT2D eigenvalue weighted by atomic mass is 19.4. The number of carbonyl (C=O) groups excluding carboxylic acids is 1. The molecule has 0 atom stereocenters. The van der Waals surface area contributed by atoms with E-state index in [1.165, 1.54) is 6.07 Å². The summed E-state index contributed by atoms with van der Waals surface area (Å²) in [5.41, 5.74) is -0.822. The van der Waals surface area contributed by atoms with Crippen LogP contribution in [0.3, 0.4) is 0 Å². The van der Waals surface area contributed by atoms with Crippen LogP contribution < -0.4 is 10.7 Å². The van der Waals surface area contributed by atoms with Gasteiger partial charge in [-0.3, -0.25) is 9.59 Å². The molecule has 0 saturated heterocycles. The number of aromatic amines is 1. The third-order valence-corrected chi connectivity index (χ3v) is 3.77. The van der Waals surface area contributed by atoms with Crippen molar-refractivity contribution < 1.29 is 18.0 Å². The highest BCUT2D eigenvalue weighted by Gasteiger charge is 2.33. The second kappa shape index (κ2) is 6.08. The topological polar surface area (TPSA) is 62.0 Å². The zero-order chi connectivity index (χ0) is 18.2. The molecule has 0 saturated carbocycles. The summed E-state index contributed by atoms with van der Waals surface area (Å²) in [5, 5.41) is 2.37. The first-order chi connectivity index (χ1) is 11.8. The van der Waals surface area contributed by atoms with Crippen molar-refractivity contribution >= 4 is 22.5 Å². The van der Waals surface area contributed by atoms with Gasteiger partial charge in [0.1, 0.15) is 5.56 Å². The van der Waals surface area contributed by atoms with Gasteiger partial charge >= 0.3 is 6.18 Å². The first-order valence-corrected chi connectivity index (χ1v) is 7.37. The van der Waals surface area contributed by atoms with Crippen LogP contribution in [0.1, 0.15) is 21.5 Å². The molecule has 0 bridgehead atoms. The Morgan fingerprint density at radius 2 is 1.76 bits per heavy atom. The molecule has 3 rings (SSSR count). The first-order valence-electron chi connectivity index (χ1n) is 7.37. The van der Waals surface area contributed by atoms with Gasteiger partial charge < -0.3 is 10.3 Å². The number of aryl methyl sites for hydroxylation is 1. The lowest BCUT2D eigenvalue weighted by Gasteiger charge is -2.11. The lowest BCUT2D eigenvalue weighted by molar-refractivity contribution is -0.136. The minimum atomic E-state index is -4.60. The van der Waals surface area contributed by atoms with Crippen LogP contribution in [0.15, 0.2) is 53.5 Å². The number of H-pyrrole nitrogens is 1. The van der Waals surface area contributed by atoms with Gasteiger partial charge in [0.2, 0.25) is 5.43 Å². The van der Waals surface area contributed by atoms with Crippen molar-refractivity contribution in [3.63, 3.8) is 0 Å².